The number of hydrogen-bond acceptors (Lipinski definition) is 6. The molecule has 3 N–H and O–H groups in total. The van der Waals surface area contributed by atoms with Gasteiger partial charge in [-0.2, -0.15) is 13.9 Å². The lowest BCUT2D eigenvalue weighted by Crippen LogP contribution is -2.46. The topological polar surface area (TPSA) is 118 Å². The fraction of sp³-hybridized carbons (Fsp3) is 0.379. The van der Waals surface area contributed by atoms with E-state index in [-0.39, 0.29) is 49.1 Å². The van der Waals surface area contributed by atoms with E-state index >= 15 is 4.39 Å². The molecule has 42 heavy (non-hydrogen) atoms. The Balaban J connectivity index is 1.44. The van der Waals surface area contributed by atoms with E-state index in [4.69, 9.17) is 10.8 Å². The summed E-state index contributed by atoms with van der Waals surface area (Å²) in [6, 6.07) is 2.48. The average Bonchev–Trinajstić information content (AvgIpc) is 3.75. The zero-order valence-corrected chi connectivity index (χ0v) is 22.7. The number of anilines is 1. The van der Waals surface area contributed by atoms with Crippen LogP contribution in [0.3, 0.4) is 0 Å². The molecule has 1 saturated carbocycles. The molecule has 1 aliphatic carbocycles. The van der Waals surface area contributed by atoms with E-state index in [0.717, 1.165) is 25.1 Å². The third kappa shape index (κ3) is 4.38. The second-order valence-corrected chi connectivity index (χ2v) is 11.0. The molecular weight excluding hydrogens is 556 g/mol. The Morgan fingerprint density at radius 1 is 1.17 bits per heavy atom. The van der Waals surface area contributed by atoms with E-state index in [1.165, 1.54) is 14.5 Å². The van der Waals surface area contributed by atoms with E-state index in [9.17, 15) is 27.9 Å². The number of phenols is 1. The predicted molar refractivity (Wildman–Crippen MR) is 143 cm³/mol. The smallest absolute Gasteiger partial charge is 0.289 e. The average molecular weight is 585 g/mol. The third-order valence-electron chi connectivity index (χ3n) is 8.23. The van der Waals surface area contributed by atoms with Gasteiger partial charge >= 0.3 is 0 Å². The van der Waals surface area contributed by atoms with E-state index in [1.54, 1.807) is 12.1 Å². The number of carbonyl (C=O) groups excluding carboxylic acids is 2. The number of benzene rings is 1. The van der Waals surface area contributed by atoms with Gasteiger partial charge in [-0.05, 0) is 36.5 Å². The molecule has 2 amide bonds. The Morgan fingerprint density at radius 3 is 2.57 bits per heavy atom. The summed E-state index contributed by atoms with van der Waals surface area (Å²) in [4.78, 5) is 32.8. The molecule has 0 spiro atoms. The van der Waals surface area contributed by atoms with Crippen LogP contribution >= 0.6 is 0 Å². The number of nitrogens with two attached hydrogens (primary N) is 1. The van der Waals surface area contributed by atoms with Crippen molar-refractivity contribution in [3.05, 3.63) is 76.4 Å². The molecule has 0 radical (unpaired) electrons. The summed E-state index contributed by atoms with van der Waals surface area (Å²) in [5.41, 5.74) is 5.91. The summed E-state index contributed by atoms with van der Waals surface area (Å²) >= 11 is 0. The van der Waals surface area contributed by atoms with Crippen molar-refractivity contribution < 1.29 is 32.3 Å². The molecule has 9 nitrogen and oxygen atoms in total. The Labute approximate surface area is 238 Å². The number of carbonyl (C=O) groups is 2. The minimum Gasteiger partial charge on any atom is -0.503 e. The maximum Gasteiger partial charge on any atom is 0.289 e. The molecule has 2 aliphatic heterocycles. The van der Waals surface area contributed by atoms with Crippen molar-refractivity contribution in [3.8, 4) is 11.4 Å². The van der Waals surface area contributed by atoms with Crippen LogP contribution in [0.25, 0.3) is 5.69 Å². The number of rotatable bonds is 5. The number of nitrogens with zero attached hydrogens (tertiary/aromatic N) is 5. The highest BCUT2D eigenvalue weighted by atomic mass is 19.3. The van der Waals surface area contributed by atoms with E-state index in [0.29, 0.717) is 35.9 Å². The van der Waals surface area contributed by atoms with Crippen LogP contribution in [-0.4, -0.2) is 61.1 Å². The number of alkyl halides is 2. The molecule has 1 fully saturated rings. The number of amides is 2. The van der Waals surface area contributed by atoms with Gasteiger partial charge in [0, 0.05) is 51.2 Å². The summed E-state index contributed by atoms with van der Waals surface area (Å²) in [7, 11) is 0. The molecule has 3 aromatic rings. The maximum absolute atomic E-state index is 15.1. The van der Waals surface area contributed by atoms with Gasteiger partial charge in [0.25, 0.3) is 11.8 Å². The Bertz CT molecular complexity index is 1650. The largest absolute Gasteiger partial charge is 0.503 e. The first kappa shape index (κ1) is 27.7. The van der Waals surface area contributed by atoms with Crippen molar-refractivity contribution in [2.24, 2.45) is 0 Å². The predicted octanol–water partition coefficient (Wildman–Crippen LogP) is 4.13. The number of pyridine rings is 1. The highest BCUT2D eigenvalue weighted by molar-refractivity contribution is 5.99. The third-order valence-corrected chi connectivity index (χ3v) is 8.23. The van der Waals surface area contributed by atoms with Gasteiger partial charge in [-0.3, -0.25) is 14.6 Å². The van der Waals surface area contributed by atoms with Crippen LogP contribution in [0.15, 0.2) is 31.0 Å². The van der Waals surface area contributed by atoms with Crippen LogP contribution in [0.5, 0.6) is 5.75 Å². The standard InChI is InChI=1S/C29H28F4N6O3/c1-3-21(40)37-10-8-17-22-18(39(36-17)19-7-6-15(14-4-5-14)23(30)26(19)41)9-11-38(20(22)13-37)28(42)16-12-35-27(29(2,32)33)24(31)25(16)34/h3,6-7,12,14,20,41H,1,4-5,8-11,13H2,2H3,(H2,34,35)/t20-/m0/s1. The molecule has 0 bridgehead atoms. The van der Waals surface area contributed by atoms with Crippen LogP contribution in [0.1, 0.15) is 70.3 Å². The SMILES string of the molecule is C=CC(=O)N1CCc2nn(-c3ccc(C4CC4)c(F)c3O)c3c2[C@H](C1)N(C(=O)c1cnc(C(C)(F)F)c(F)c1N)CC3. The number of hydrogen-bond donors (Lipinski definition) is 2. The van der Waals surface area contributed by atoms with E-state index < -0.39 is 46.6 Å². The van der Waals surface area contributed by atoms with Crippen LogP contribution in [0.4, 0.5) is 23.2 Å². The minimum absolute atomic E-state index is 0.0319. The highest BCUT2D eigenvalue weighted by Gasteiger charge is 2.42. The monoisotopic (exact) mass is 584 g/mol. The first-order valence-electron chi connectivity index (χ1n) is 13.6. The van der Waals surface area contributed by atoms with Crippen molar-refractivity contribution in [1.82, 2.24) is 24.6 Å². The molecular formula is C29H28F4N6O3. The number of phenolic OH excluding ortho intramolecular Hbond substituents is 1. The maximum atomic E-state index is 15.1. The molecule has 0 unspecified atom stereocenters. The first-order chi connectivity index (χ1) is 19.9. The molecule has 3 aliphatic rings. The number of aromatic nitrogens is 3. The van der Waals surface area contributed by atoms with Crippen LogP contribution in [0.2, 0.25) is 0 Å². The Kier molecular flexibility index (Phi) is 6.50. The van der Waals surface area contributed by atoms with Crippen molar-refractivity contribution in [2.45, 2.75) is 50.5 Å². The number of nitrogen functional groups attached to an aromatic ring is 1. The summed E-state index contributed by atoms with van der Waals surface area (Å²) in [5, 5.41) is 15.5. The van der Waals surface area contributed by atoms with Gasteiger partial charge in [0.1, 0.15) is 11.4 Å². The van der Waals surface area contributed by atoms with Gasteiger partial charge in [0.2, 0.25) is 5.91 Å². The first-order valence-corrected chi connectivity index (χ1v) is 13.6. The molecule has 2 aromatic heterocycles. The van der Waals surface area contributed by atoms with Gasteiger partial charge in [-0.25, -0.2) is 13.5 Å². The van der Waals surface area contributed by atoms with Crippen molar-refractivity contribution in [3.63, 3.8) is 0 Å². The Hall–Kier alpha value is -4.42. The highest BCUT2D eigenvalue weighted by Crippen LogP contribution is 2.45. The van der Waals surface area contributed by atoms with Crippen LogP contribution < -0.4 is 5.73 Å². The van der Waals surface area contributed by atoms with Gasteiger partial charge < -0.3 is 20.6 Å². The summed E-state index contributed by atoms with van der Waals surface area (Å²) in [6.45, 7) is 4.35. The van der Waals surface area contributed by atoms with Gasteiger partial charge in [0.15, 0.2) is 17.4 Å². The van der Waals surface area contributed by atoms with Gasteiger partial charge in [-0.1, -0.05) is 12.6 Å². The lowest BCUT2D eigenvalue weighted by molar-refractivity contribution is -0.126. The fourth-order valence-corrected chi connectivity index (χ4v) is 5.95. The molecule has 1 atom stereocenters. The fourth-order valence-electron chi connectivity index (χ4n) is 5.95. The van der Waals surface area contributed by atoms with Crippen molar-refractivity contribution in [1.29, 1.82) is 0 Å². The summed E-state index contributed by atoms with van der Waals surface area (Å²) < 4.78 is 59.1. The quantitative estimate of drug-likeness (QED) is 0.344. The summed E-state index contributed by atoms with van der Waals surface area (Å²) in [5.74, 6) is -7.34. The van der Waals surface area contributed by atoms with Crippen LogP contribution in [-0.2, 0) is 23.6 Å². The lowest BCUT2D eigenvalue weighted by Gasteiger charge is -2.38. The molecule has 13 heteroatoms. The molecule has 1 aromatic carbocycles. The van der Waals surface area contributed by atoms with Crippen molar-refractivity contribution >= 4 is 17.5 Å². The molecule has 4 heterocycles. The lowest BCUT2D eigenvalue weighted by atomic mass is 9.94. The molecule has 220 valence electrons. The van der Waals surface area contributed by atoms with Gasteiger partial charge in [0.05, 0.1) is 28.7 Å². The normalized spacial score (nSPS) is 18.5. The zero-order chi connectivity index (χ0) is 30.1. The minimum atomic E-state index is -3.61. The Morgan fingerprint density at radius 2 is 1.90 bits per heavy atom. The van der Waals surface area contributed by atoms with E-state index in [1.807, 2.05) is 0 Å². The molecule has 6 rings (SSSR count). The van der Waals surface area contributed by atoms with Crippen LogP contribution in [0, 0.1) is 11.6 Å². The second kappa shape index (κ2) is 9.85. The summed E-state index contributed by atoms with van der Waals surface area (Å²) in [6.07, 6.45) is 4.22. The number of aromatic hydroxyl groups is 1. The molecule has 0 saturated heterocycles. The van der Waals surface area contributed by atoms with Crippen molar-refractivity contribution in [2.75, 3.05) is 25.4 Å². The zero-order valence-electron chi connectivity index (χ0n) is 22.7. The number of halogens is 4. The van der Waals surface area contributed by atoms with Gasteiger partial charge in [-0.15, -0.1) is 0 Å². The second-order valence-electron chi connectivity index (χ2n) is 11.0. The van der Waals surface area contributed by atoms with E-state index in [2.05, 4.69) is 11.6 Å².